The average molecular weight is 467 g/mol. The number of rotatable bonds is 9. The molecule has 8 heteroatoms. The number of carbonyl (C=O) groups is 3. The van der Waals surface area contributed by atoms with Gasteiger partial charge in [0.2, 0.25) is 5.91 Å². The van der Waals surface area contributed by atoms with Gasteiger partial charge in [-0.15, -0.1) is 0 Å². The Hall–Kier alpha value is -3.81. The Morgan fingerprint density at radius 1 is 1.12 bits per heavy atom. The summed E-state index contributed by atoms with van der Waals surface area (Å²) in [4.78, 5) is 38.8. The Bertz CT molecular complexity index is 1070. The fourth-order valence-electron chi connectivity index (χ4n) is 3.61. The van der Waals surface area contributed by atoms with Gasteiger partial charge in [0.25, 0.3) is 5.91 Å². The second-order valence-corrected chi connectivity index (χ2v) is 7.81. The number of para-hydroxylation sites is 2. The van der Waals surface area contributed by atoms with E-state index in [-0.39, 0.29) is 18.4 Å². The van der Waals surface area contributed by atoms with Crippen molar-refractivity contribution >= 4 is 35.2 Å². The van der Waals surface area contributed by atoms with E-state index >= 15 is 0 Å². The largest absolute Gasteiger partial charge is 0.490 e. The van der Waals surface area contributed by atoms with E-state index in [4.69, 9.17) is 14.2 Å². The summed E-state index contributed by atoms with van der Waals surface area (Å²) in [5.74, 6) is 0.0111. The lowest BCUT2D eigenvalue weighted by Gasteiger charge is -2.27. The minimum Gasteiger partial charge on any atom is -0.490 e. The van der Waals surface area contributed by atoms with Gasteiger partial charge in [0.1, 0.15) is 0 Å². The topological polar surface area (TPSA) is 94.2 Å². The number of hydrogen-bond donors (Lipinski definition) is 1. The highest BCUT2D eigenvalue weighted by atomic mass is 16.5. The smallest absolute Gasteiger partial charge is 0.331 e. The molecule has 0 bridgehead atoms. The molecular weight excluding hydrogens is 436 g/mol. The van der Waals surface area contributed by atoms with Gasteiger partial charge in [0, 0.05) is 18.5 Å². The molecule has 1 aliphatic heterocycles. The Morgan fingerprint density at radius 2 is 1.91 bits per heavy atom. The zero-order valence-electron chi connectivity index (χ0n) is 19.7. The van der Waals surface area contributed by atoms with Crippen LogP contribution in [0.25, 0.3) is 6.08 Å². The second-order valence-electron chi connectivity index (χ2n) is 7.81. The Balaban J connectivity index is 1.64. The molecule has 0 radical (unpaired) electrons. The molecule has 0 aromatic heterocycles. The molecule has 0 aliphatic carbocycles. The SMILES string of the molecule is CCCOc1ccc(/C=C/C(=O)OCC(=O)N2c3ccccc3NC(=O)CC2C)cc1OCC. The molecule has 2 aromatic rings. The van der Waals surface area contributed by atoms with Crippen molar-refractivity contribution in [1.29, 1.82) is 0 Å². The average Bonchev–Trinajstić information content (AvgIpc) is 2.94. The number of amides is 2. The van der Waals surface area contributed by atoms with Gasteiger partial charge < -0.3 is 24.4 Å². The van der Waals surface area contributed by atoms with E-state index in [2.05, 4.69) is 5.32 Å². The molecule has 0 saturated carbocycles. The summed E-state index contributed by atoms with van der Waals surface area (Å²) in [7, 11) is 0. The minimum absolute atomic E-state index is 0.147. The van der Waals surface area contributed by atoms with Crippen LogP contribution in [0.3, 0.4) is 0 Å². The third-order valence-electron chi connectivity index (χ3n) is 5.11. The van der Waals surface area contributed by atoms with Crippen LogP contribution in [-0.2, 0) is 19.1 Å². The van der Waals surface area contributed by atoms with Gasteiger partial charge in [-0.3, -0.25) is 9.59 Å². The van der Waals surface area contributed by atoms with E-state index in [9.17, 15) is 14.4 Å². The molecule has 1 heterocycles. The van der Waals surface area contributed by atoms with Gasteiger partial charge >= 0.3 is 5.97 Å². The van der Waals surface area contributed by atoms with E-state index in [0.29, 0.717) is 36.1 Å². The van der Waals surface area contributed by atoms with E-state index in [1.807, 2.05) is 19.9 Å². The molecule has 34 heavy (non-hydrogen) atoms. The maximum atomic E-state index is 12.9. The normalized spacial score (nSPS) is 15.3. The summed E-state index contributed by atoms with van der Waals surface area (Å²) in [5.41, 5.74) is 1.86. The second kappa shape index (κ2) is 11.9. The van der Waals surface area contributed by atoms with Crippen molar-refractivity contribution < 1.29 is 28.6 Å². The van der Waals surface area contributed by atoms with Gasteiger partial charge in [-0.05, 0) is 56.2 Å². The maximum Gasteiger partial charge on any atom is 0.331 e. The molecule has 3 rings (SSSR count). The van der Waals surface area contributed by atoms with Crippen LogP contribution < -0.4 is 19.7 Å². The molecule has 2 aromatic carbocycles. The van der Waals surface area contributed by atoms with Crippen LogP contribution in [0.15, 0.2) is 48.5 Å². The first-order valence-electron chi connectivity index (χ1n) is 11.4. The lowest BCUT2D eigenvalue weighted by Crippen LogP contribution is -2.41. The van der Waals surface area contributed by atoms with E-state index in [1.54, 1.807) is 49.4 Å². The highest BCUT2D eigenvalue weighted by molar-refractivity contribution is 6.05. The molecule has 8 nitrogen and oxygen atoms in total. The molecule has 2 amide bonds. The van der Waals surface area contributed by atoms with Crippen LogP contribution in [0.2, 0.25) is 0 Å². The molecule has 0 fully saturated rings. The number of carbonyl (C=O) groups excluding carboxylic acids is 3. The molecule has 180 valence electrons. The maximum absolute atomic E-state index is 12.9. The van der Waals surface area contributed by atoms with E-state index < -0.39 is 18.5 Å². The minimum atomic E-state index is -0.650. The molecule has 0 spiro atoms. The van der Waals surface area contributed by atoms with Crippen molar-refractivity contribution in [2.24, 2.45) is 0 Å². The number of hydrogen-bond acceptors (Lipinski definition) is 6. The number of ether oxygens (including phenoxy) is 3. The zero-order chi connectivity index (χ0) is 24.5. The van der Waals surface area contributed by atoms with E-state index in [1.165, 1.54) is 11.0 Å². The molecule has 1 N–H and O–H groups in total. The summed E-state index contributed by atoms with van der Waals surface area (Å²) in [5, 5.41) is 2.80. The zero-order valence-corrected chi connectivity index (χ0v) is 19.7. The van der Waals surface area contributed by atoms with Crippen molar-refractivity contribution in [2.75, 3.05) is 30.0 Å². The fraction of sp³-hybridized carbons (Fsp3) is 0.346. The number of fused-ring (bicyclic) bond motifs is 1. The molecule has 1 atom stereocenters. The monoisotopic (exact) mass is 466 g/mol. The van der Waals surface area contributed by atoms with Gasteiger partial charge in [0.05, 0.1) is 24.6 Å². The van der Waals surface area contributed by atoms with Crippen LogP contribution in [0.4, 0.5) is 11.4 Å². The number of benzene rings is 2. The lowest BCUT2D eigenvalue weighted by molar-refractivity contribution is -0.143. The first kappa shape index (κ1) is 24.8. The first-order valence-corrected chi connectivity index (χ1v) is 11.4. The van der Waals surface area contributed by atoms with Crippen LogP contribution >= 0.6 is 0 Å². The van der Waals surface area contributed by atoms with Crippen molar-refractivity contribution in [3.63, 3.8) is 0 Å². The predicted molar refractivity (Wildman–Crippen MR) is 130 cm³/mol. The van der Waals surface area contributed by atoms with Crippen molar-refractivity contribution in [3.8, 4) is 11.5 Å². The standard InChI is InChI=1S/C26H30N2O6/c1-4-14-33-22-12-10-19(16-23(22)32-5-2)11-13-26(31)34-17-25(30)28-18(3)15-24(29)27-20-8-6-7-9-21(20)28/h6-13,16,18H,4-5,14-15,17H2,1-3H3,(H,27,29)/b13-11+. The van der Waals surface area contributed by atoms with Gasteiger partial charge in [-0.1, -0.05) is 25.1 Å². The molecule has 1 unspecified atom stereocenters. The third kappa shape index (κ3) is 6.37. The quantitative estimate of drug-likeness (QED) is 0.440. The van der Waals surface area contributed by atoms with E-state index in [0.717, 1.165) is 12.0 Å². The summed E-state index contributed by atoms with van der Waals surface area (Å²) in [6.07, 6.45) is 3.88. The van der Waals surface area contributed by atoms with Gasteiger partial charge in [-0.25, -0.2) is 4.79 Å². The lowest BCUT2D eigenvalue weighted by atomic mass is 10.1. The summed E-state index contributed by atoms with van der Waals surface area (Å²) in [6.45, 7) is 6.32. The number of anilines is 2. The van der Waals surface area contributed by atoms with Crippen molar-refractivity contribution in [2.45, 2.75) is 39.7 Å². The molecule has 0 saturated heterocycles. The summed E-state index contributed by atoms with van der Waals surface area (Å²) in [6, 6.07) is 12.1. The predicted octanol–water partition coefficient (Wildman–Crippen LogP) is 4.19. The van der Waals surface area contributed by atoms with Crippen molar-refractivity contribution in [1.82, 2.24) is 0 Å². The summed E-state index contributed by atoms with van der Waals surface area (Å²) < 4.78 is 16.5. The van der Waals surface area contributed by atoms with Gasteiger partial charge in [-0.2, -0.15) is 0 Å². The summed E-state index contributed by atoms with van der Waals surface area (Å²) >= 11 is 0. The Morgan fingerprint density at radius 3 is 2.68 bits per heavy atom. The van der Waals surface area contributed by atoms with Gasteiger partial charge in [0.15, 0.2) is 18.1 Å². The number of nitrogens with zero attached hydrogens (tertiary/aromatic N) is 1. The fourth-order valence-corrected chi connectivity index (χ4v) is 3.61. The number of nitrogens with one attached hydrogen (secondary N) is 1. The van der Waals surface area contributed by atoms with Crippen LogP contribution in [-0.4, -0.2) is 43.6 Å². The number of esters is 1. The highest BCUT2D eigenvalue weighted by Crippen LogP contribution is 2.31. The highest BCUT2D eigenvalue weighted by Gasteiger charge is 2.29. The Labute approximate surface area is 199 Å². The third-order valence-corrected chi connectivity index (χ3v) is 5.11. The van der Waals surface area contributed by atoms with Crippen molar-refractivity contribution in [3.05, 3.63) is 54.1 Å². The van der Waals surface area contributed by atoms with Crippen LogP contribution in [0.1, 0.15) is 39.2 Å². The first-order chi connectivity index (χ1) is 16.4. The van der Waals surface area contributed by atoms with Crippen LogP contribution in [0.5, 0.6) is 11.5 Å². The molecule has 1 aliphatic rings. The molecular formula is C26H30N2O6. The van der Waals surface area contributed by atoms with Crippen LogP contribution in [0, 0.1) is 0 Å². The Kier molecular flexibility index (Phi) is 8.67.